The van der Waals surface area contributed by atoms with E-state index in [2.05, 4.69) is 0 Å². The molecule has 1 amide bonds. The van der Waals surface area contributed by atoms with E-state index in [0.29, 0.717) is 0 Å². The lowest BCUT2D eigenvalue weighted by molar-refractivity contribution is -0.101. The molecule has 1 unspecified atom stereocenters. The van der Waals surface area contributed by atoms with Crippen LogP contribution in [0.1, 0.15) is 23.5 Å². The van der Waals surface area contributed by atoms with Gasteiger partial charge in [-0.25, -0.2) is 13.6 Å². The van der Waals surface area contributed by atoms with Gasteiger partial charge in [-0.05, 0) is 22.3 Å². The molecule has 26 heavy (non-hydrogen) atoms. The van der Waals surface area contributed by atoms with Crippen LogP contribution in [0, 0.1) is 0 Å². The van der Waals surface area contributed by atoms with Crippen LogP contribution in [0.3, 0.4) is 0 Å². The number of hydrogen-bond donors (Lipinski definition) is 1. The molecule has 1 atom stereocenters. The molecule has 1 aliphatic heterocycles. The van der Waals surface area contributed by atoms with E-state index in [-0.39, 0.29) is 19.1 Å². The van der Waals surface area contributed by atoms with Crippen LogP contribution in [0.5, 0.6) is 0 Å². The number of hydrogen-bond acceptors (Lipinski definition) is 3. The van der Waals surface area contributed by atoms with E-state index < -0.39 is 31.1 Å². The number of amides is 1. The first kappa shape index (κ1) is 17.0. The standard InChI is InChI=1S/C20H19F2NO3/c21-20(22)9-13(24)10-23(12-20)19(25)26-11-18-16-7-3-1-5-14(16)15-6-2-4-8-17(15)18/h1-8,13,18,24H,9-12H2. The zero-order chi connectivity index (χ0) is 18.3. The minimum atomic E-state index is -3.09. The van der Waals surface area contributed by atoms with Crippen molar-refractivity contribution < 1.29 is 23.4 Å². The Kier molecular flexibility index (Phi) is 4.15. The van der Waals surface area contributed by atoms with Crippen LogP contribution in [-0.2, 0) is 4.74 Å². The van der Waals surface area contributed by atoms with E-state index in [1.807, 2.05) is 48.5 Å². The zero-order valence-electron chi connectivity index (χ0n) is 14.1. The Morgan fingerprint density at radius 3 is 2.27 bits per heavy atom. The fourth-order valence-electron chi connectivity index (χ4n) is 3.90. The molecule has 2 aliphatic rings. The Balaban J connectivity index is 1.51. The number of halogens is 2. The van der Waals surface area contributed by atoms with E-state index in [1.54, 1.807) is 0 Å². The van der Waals surface area contributed by atoms with Crippen LogP contribution < -0.4 is 0 Å². The van der Waals surface area contributed by atoms with Crippen molar-refractivity contribution in [3.05, 3.63) is 59.7 Å². The van der Waals surface area contributed by atoms with E-state index in [9.17, 15) is 18.7 Å². The van der Waals surface area contributed by atoms with E-state index in [1.165, 1.54) is 0 Å². The third kappa shape index (κ3) is 3.05. The molecule has 2 aromatic carbocycles. The van der Waals surface area contributed by atoms with Crippen LogP contribution in [0.15, 0.2) is 48.5 Å². The number of aliphatic hydroxyl groups excluding tert-OH is 1. The maximum atomic E-state index is 13.6. The number of alkyl halides is 2. The lowest BCUT2D eigenvalue weighted by atomic mass is 9.98. The fraction of sp³-hybridized carbons (Fsp3) is 0.350. The number of likely N-dealkylation sites (tertiary alicyclic amines) is 1. The van der Waals surface area contributed by atoms with Crippen molar-refractivity contribution in [1.82, 2.24) is 4.90 Å². The molecule has 0 saturated carbocycles. The molecule has 1 aliphatic carbocycles. The maximum absolute atomic E-state index is 13.6. The van der Waals surface area contributed by atoms with Gasteiger partial charge in [-0.3, -0.25) is 4.90 Å². The van der Waals surface area contributed by atoms with Gasteiger partial charge in [0.1, 0.15) is 6.61 Å². The van der Waals surface area contributed by atoms with Gasteiger partial charge in [0.25, 0.3) is 5.92 Å². The summed E-state index contributed by atoms with van der Waals surface area (Å²) in [6.45, 7) is -0.780. The Morgan fingerprint density at radius 1 is 1.12 bits per heavy atom. The van der Waals surface area contributed by atoms with Gasteiger partial charge >= 0.3 is 6.09 Å². The molecule has 4 rings (SSSR count). The normalized spacial score (nSPS) is 21.2. The molecule has 1 N–H and O–H groups in total. The number of nitrogens with zero attached hydrogens (tertiary/aromatic N) is 1. The highest BCUT2D eigenvalue weighted by Gasteiger charge is 2.42. The molecule has 0 radical (unpaired) electrons. The highest BCUT2D eigenvalue weighted by Crippen LogP contribution is 2.44. The number of carbonyl (C=O) groups is 1. The quantitative estimate of drug-likeness (QED) is 0.891. The summed E-state index contributed by atoms with van der Waals surface area (Å²) < 4.78 is 32.5. The number of rotatable bonds is 2. The number of aliphatic hydroxyl groups is 1. The first-order valence-corrected chi connectivity index (χ1v) is 8.60. The molecule has 1 saturated heterocycles. The van der Waals surface area contributed by atoms with Gasteiger partial charge in [0.2, 0.25) is 0 Å². The molecular formula is C20H19F2NO3. The molecule has 2 aromatic rings. The van der Waals surface area contributed by atoms with Gasteiger partial charge in [0.15, 0.2) is 0 Å². The van der Waals surface area contributed by atoms with Crippen molar-refractivity contribution in [2.45, 2.75) is 24.4 Å². The molecule has 0 bridgehead atoms. The van der Waals surface area contributed by atoms with Gasteiger partial charge in [-0.2, -0.15) is 0 Å². The van der Waals surface area contributed by atoms with Crippen LogP contribution in [0.2, 0.25) is 0 Å². The Morgan fingerprint density at radius 2 is 1.69 bits per heavy atom. The second kappa shape index (κ2) is 6.36. The molecule has 1 fully saturated rings. The highest BCUT2D eigenvalue weighted by molar-refractivity contribution is 5.79. The van der Waals surface area contributed by atoms with Crippen LogP contribution in [-0.4, -0.2) is 47.8 Å². The molecule has 136 valence electrons. The average Bonchev–Trinajstić information content (AvgIpc) is 2.92. The Bertz CT molecular complexity index is 794. The summed E-state index contributed by atoms with van der Waals surface area (Å²) in [6.07, 6.45) is -2.68. The van der Waals surface area contributed by atoms with Gasteiger partial charge in [0.05, 0.1) is 19.2 Å². The minimum Gasteiger partial charge on any atom is -0.448 e. The first-order chi connectivity index (χ1) is 12.4. The second-order valence-electron chi connectivity index (χ2n) is 6.90. The third-order valence-electron chi connectivity index (χ3n) is 4.98. The van der Waals surface area contributed by atoms with Crippen molar-refractivity contribution >= 4 is 6.09 Å². The number of benzene rings is 2. The van der Waals surface area contributed by atoms with Crippen molar-refractivity contribution in [1.29, 1.82) is 0 Å². The van der Waals surface area contributed by atoms with E-state index in [0.717, 1.165) is 27.2 Å². The summed E-state index contributed by atoms with van der Waals surface area (Å²) in [4.78, 5) is 13.2. The monoisotopic (exact) mass is 359 g/mol. The highest BCUT2D eigenvalue weighted by atomic mass is 19.3. The van der Waals surface area contributed by atoms with Crippen molar-refractivity contribution in [3.8, 4) is 11.1 Å². The Labute approximate surface area is 150 Å². The zero-order valence-corrected chi connectivity index (χ0v) is 14.1. The van der Waals surface area contributed by atoms with Crippen molar-refractivity contribution in [2.75, 3.05) is 19.7 Å². The molecule has 6 heteroatoms. The molecule has 1 heterocycles. The van der Waals surface area contributed by atoms with Gasteiger partial charge < -0.3 is 9.84 Å². The number of fused-ring (bicyclic) bond motifs is 3. The largest absolute Gasteiger partial charge is 0.448 e. The summed E-state index contributed by atoms with van der Waals surface area (Å²) >= 11 is 0. The summed E-state index contributed by atoms with van der Waals surface area (Å²) in [5.74, 6) is -3.22. The molecule has 0 aromatic heterocycles. The SMILES string of the molecule is O=C(OCC1c2ccccc2-c2ccccc21)N1CC(O)CC(F)(F)C1. The number of carbonyl (C=O) groups excluding carboxylic acids is 1. The topological polar surface area (TPSA) is 49.8 Å². The second-order valence-corrected chi connectivity index (χ2v) is 6.90. The van der Waals surface area contributed by atoms with Crippen molar-refractivity contribution in [2.24, 2.45) is 0 Å². The van der Waals surface area contributed by atoms with Crippen LogP contribution in [0.4, 0.5) is 13.6 Å². The Hall–Kier alpha value is -2.47. The lowest BCUT2D eigenvalue weighted by Crippen LogP contribution is -2.51. The number of piperidine rings is 1. The van der Waals surface area contributed by atoms with Crippen LogP contribution >= 0.6 is 0 Å². The summed E-state index contributed by atoms with van der Waals surface area (Å²) in [6, 6.07) is 15.8. The minimum absolute atomic E-state index is 0.0744. The molecule has 4 nitrogen and oxygen atoms in total. The smallest absolute Gasteiger partial charge is 0.410 e. The average molecular weight is 359 g/mol. The summed E-state index contributed by atoms with van der Waals surface area (Å²) in [7, 11) is 0. The predicted molar refractivity (Wildman–Crippen MR) is 92.2 cm³/mol. The maximum Gasteiger partial charge on any atom is 0.410 e. The van der Waals surface area contributed by atoms with E-state index >= 15 is 0 Å². The first-order valence-electron chi connectivity index (χ1n) is 8.60. The van der Waals surface area contributed by atoms with Gasteiger partial charge in [0, 0.05) is 12.3 Å². The van der Waals surface area contributed by atoms with Gasteiger partial charge in [-0.15, -0.1) is 0 Å². The fourth-order valence-corrected chi connectivity index (χ4v) is 3.90. The van der Waals surface area contributed by atoms with E-state index in [4.69, 9.17) is 4.74 Å². The number of ether oxygens (including phenoxy) is 1. The predicted octanol–water partition coefficient (Wildman–Crippen LogP) is 3.64. The summed E-state index contributed by atoms with van der Waals surface area (Å²) in [5, 5.41) is 9.57. The summed E-state index contributed by atoms with van der Waals surface area (Å²) in [5.41, 5.74) is 4.32. The molecule has 0 spiro atoms. The lowest BCUT2D eigenvalue weighted by Gasteiger charge is -2.34. The van der Waals surface area contributed by atoms with Crippen molar-refractivity contribution in [3.63, 3.8) is 0 Å². The van der Waals surface area contributed by atoms with Crippen LogP contribution in [0.25, 0.3) is 11.1 Å². The third-order valence-corrected chi connectivity index (χ3v) is 4.98. The van der Waals surface area contributed by atoms with Gasteiger partial charge in [-0.1, -0.05) is 48.5 Å². The molecular weight excluding hydrogens is 340 g/mol. The number of β-amino-alcohol motifs (C(OH)–C–C–N with tert-alkyl or cyclic N) is 1.